The van der Waals surface area contributed by atoms with Gasteiger partial charge in [0.2, 0.25) is 11.8 Å². The van der Waals surface area contributed by atoms with E-state index in [0.29, 0.717) is 38.0 Å². The first-order valence-electron chi connectivity index (χ1n) is 6.26. The fourth-order valence-corrected chi connectivity index (χ4v) is 1.75. The van der Waals surface area contributed by atoms with Gasteiger partial charge in [0.25, 0.3) is 0 Å². The number of hydrogen-bond acceptors (Lipinski definition) is 5. The highest BCUT2D eigenvalue weighted by molar-refractivity contribution is 5.92. The molecule has 1 aliphatic heterocycles. The van der Waals surface area contributed by atoms with Gasteiger partial charge in [-0.15, -0.1) is 0 Å². The number of carbonyl (C=O) groups excluding carboxylic acids is 1. The molecule has 1 unspecified atom stereocenters. The molecule has 0 spiro atoms. The minimum Gasteiger partial charge on any atom is -0.475 e. The predicted octanol–water partition coefficient (Wildman–Crippen LogP) is 1.08. The number of nitrogens with zero attached hydrogens (tertiary/aromatic N) is 1. The number of carbonyl (C=O) groups is 1. The SMILES string of the molecule is COCCOc1ccc(NC(=O)C2CCOC2)cn1. The molecule has 0 aromatic carbocycles. The van der Waals surface area contributed by atoms with E-state index in [9.17, 15) is 4.79 Å². The van der Waals surface area contributed by atoms with E-state index >= 15 is 0 Å². The zero-order valence-corrected chi connectivity index (χ0v) is 10.9. The van der Waals surface area contributed by atoms with Gasteiger partial charge in [0, 0.05) is 19.8 Å². The minimum absolute atomic E-state index is 0.0210. The Morgan fingerprint density at radius 3 is 3.05 bits per heavy atom. The fraction of sp³-hybridized carbons (Fsp3) is 0.538. The van der Waals surface area contributed by atoms with Gasteiger partial charge in [-0.2, -0.15) is 0 Å². The molecule has 104 valence electrons. The number of methoxy groups -OCH3 is 1. The number of anilines is 1. The largest absolute Gasteiger partial charge is 0.475 e. The number of nitrogens with one attached hydrogen (secondary N) is 1. The summed E-state index contributed by atoms with van der Waals surface area (Å²) in [7, 11) is 1.61. The summed E-state index contributed by atoms with van der Waals surface area (Å²) < 4.78 is 15.4. The molecule has 1 aromatic rings. The van der Waals surface area contributed by atoms with Crippen molar-refractivity contribution in [1.82, 2.24) is 4.98 Å². The molecule has 6 heteroatoms. The van der Waals surface area contributed by atoms with E-state index in [1.807, 2.05) is 0 Å². The molecule has 19 heavy (non-hydrogen) atoms. The summed E-state index contributed by atoms with van der Waals surface area (Å²) in [6.45, 7) is 2.12. The Hall–Kier alpha value is -1.66. The maximum Gasteiger partial charge on any atom is 0.229 e. The monoisotopic (exact) mass is 266 g/mol. The number of amides is 1. The molecule has 1 saturated heterocycles. The van der Waals surface area contributed by atoms with Crippen LogP contribution in [0.4, 0.5) is 5.69 Å². The van der Waals surface area contributed by atoms with Crippen molar-refractivity contribution in [3.8, 4) is 5.88 Å². The zero-order chi connectivity index (χ0) is 13.5. The van der Waals surface area contributed by atoms with Crippen LogP contribution in [0.25, 0.3) is 0 Å². The van der Waals surface area contributed by atoms with Gasteiger partial charge in [-0.05, 0) is 12.5 Å². The van der Waals surface area contributed by atoms with Crippen LogP contribution in [0.1, 0.15) is 6.42 Å². The van der Waals surface area contributed by atoms with E-state index in [1.165, 1.54) is 0 Å². The lowest BCUT2D eigenvalue weighted by Gasteiger charge is -2.09. The Labute approximate surface area is 112 Å². The Morgan fingerprint density at radius 2 is 2.42 bits per heavy atom. The van der Waals surface area contributed by atoms with Crippen LogP contribution in [-0.4, -0.2) is 44.4 Å². The summed E-state index contributed by atoms with van der Waals surface area (Å²) in [6, 6.07) is 3.49. The highest BCUT2D eigenvalue weighted by Crippen LogP contribution is 2.16. The van der Waals surface area contributed by atoms with Crippen LogP contribution in [0.3, 0.4) is 0 Å². The van der Waals surface area contributed by atoms with Crippen LogP contribution in [0, 0.1) is 5.92 Å². The Balaban J connectivity index is 1.82. The summed E-state index contributed by atoms with van der Waals surface area (Å²) in [4.78, 5) is 16.0. The van der Waals surface area contributed by atoms with Crippen molar-refractivity contribution in [2.24, 2.45) is 5.92 Å². The van der Waals surface area contributed by atoms with Crippen LogP contribution in [0.15, 0.2) is 18.3 Å². The van der Waals surface area contributed by atoms with Crippen LogP contribution < -0.4 is 10.1 Å². The third kappa shape index (κ3) is 4.18. The number of aromatic nitrogens is 1. The van der Waals surface area contributed by atoms with E-state index in [0.717, 1.165) is 6.42 Å². The van der Waals surface area contributed by atoms with Crippen molar-refractivity contribution in [2.75, 3.05) is 38.9 Å². The standard InChI is InChI=1S/C13H18N2O4/c1-17-6-7-19-12-3-2-11(8-14-12)15-13(16)10-4-5-18-9-10/h2-3,8,10H,4-7,9H2,1H3,(H,15,16). The molecule has 1 fully saturated rings. The molecular formula is C13H18N2O4. The third-order valence-corrected chi connectivity index (χ3v) is 2.84. The quantitative estimate of drug-likeness (QED) is 0.780. The summed E-state index contributed by atoms with van der Waals surface area (Å²) in [5, 5.41) is 2.82. The summed E-state index contributed by atoms with van der Waals surface area (Å²) in [5.74, 6) is 0.434. The number of rotatable bonds is 6. The molecule has 0 saturated carbocycles. The Bertz CT molecular complexity index is 402. The van der Waals surface area contributed by atoms with Crippen molar-refractivity contribution in [2.45, 2.75) is 6.42 Å². The van der Waals surface area contributed by atoms with Crippen LogP contribution in [0.5, 0.6) is 5.88 Å². The lowest BCUT2D eigenvalue weighted by molar-refractivity contribution is -0.119. The average molecular weight is 266 g/mol. The second-order valence-electron chi connectivity index (χ2n) is 4.28. The fourth-order valence-electron chi connectivity index (χ4n) is 1.75. The van der Waals surface area contributed by atoms with Crippen LogP contribution in [0.2, 0.25) is 0 Å². The maximum atomic E-state index is 11.8. The first-order valence-corrected chi connectivity index (χ1v) is 6.26. The van der Waals surface area contributed by atoms with E-state index in [-0.39, 0.29) is 11.8 Å². The molecule has 0 radical (unpaired) electrons. The number of pyridine rings is 1. The van der Waals surface area contributed by atoms with Crippen LogP contribution in [-0.2, 0) is 14.3 Å². The van der Waals surface area contributed by atoms with Gasteiger partial charge in [0.1, 0.15) is 6.61 Å². The molecule has 2 rings (SSSR count). The normalized spacial score (nSPS) is 18.3. The first-order chi connectivity index (χ1) is 9.29. The number of ether oxygens (including phenoxy) is 3. The van der Waals surface area contributed by atoms with Crippen molar-refractivity contribution < 1.29 is 19.0 Å². The van der Waals surface area contributed by atoms with Crippen molar-refractivity contribution in [3.05, 3.63) is 18.3 Å². The molecule has 0 bridgehead atoms. The van der Waals surface area contributed by atoms with Gasteiger partial charge in [-0.25, -0.2) is 4.98 Å². The Kier molecular flexibility index (Phi) is 5.11. The molecule has 1 amide bonds. The van der Waals surface area contributed by atoms with Gasteiger partial charge >= 0.3 is 0 Å². The molecule has 6 nitrogen and oxygen atoms in total. The molecular weight excluding hydrogens is 248 g/mol. The van der Waals surface area contributed by atoms with E-state index in [1.54, 1.807) is 25.4 Å². The van der Waals surface area contributed by atoms with Gasteiger partial charge < -0.3 is 19.5 Å². The van der Waals surface area contributed by atoms with Gasteiger partial charge in [-0.1, -0.05) is 0 Å². The van der Waals surface area contributed by atoms with Gasteiger partial charge in [0.05, 0.1) is 31.0 Å². The van der Waals surface area contributed by atoms with E-state index in [4.69, 9.17) is 14.2 Å². The van der Waals surface area contributed by atoms with Crippen molar-refractivity contribution >= 4 is 11.6 Å². The minimum atomic E-state index is -0.0578. The summed E-state index contributed by atoms with van der Waals surface area (Å²) in [5.41, 5.74) is 0.663. The second kappa shape index (κ2) is 7.06. The first kappa shape index (κ1) is 13.8. The molecule has 0 aliphatic carbocycles. The average Bonchev–Trinajstić information content (AvgIpc) is 2.95. The van der Waals surface area contributed by atoms with E-state index in [2.05, 4.69) is 10.3 Å². The lowest BCUT2D eigenvalue weighted by atomic mass is 10.1. The topological polar surface area (TPSA) is 69.7 Å². The molecule has 1 N–H and O–H groups in total. The highest BCUT2D eigenvalue weighted by atomic mass is 16.5. The predicted molar refractivity (Wildman–Crippen MR) is 69.2 cm³/mol. The molecule has 1 atom stereocenters. The zero-order valence-electron chi connectivity index (χ0n) is 10.9. The van der Waals surface area contributed by atoms with Crippen LogP contribution >= 0.6 is 0 Å². The maximum absolute atomic E-state index is 11.8. The van der Waals surface area contributed by atoms with Crippen molar-refractivity contribution in [1.29, 1.82) is 0 Å². The highest BCUT2D eigenvalue weighted by Gasteiger charge is 2.23. The van der Waals surface area contributed by atoms with Gasteiger partial charge in [0.15, 0.2) is 0 Å². The second-order valence-corrected chi connectivity index (χ2v) is 4.28. The van der Waals surface area contributed by atoms with Crippen molar-refractivity contribution in [3.63, 3.8) is 0 Å². The summed E-state index contributed by atoms with van der Waals surface area (Å²) in [6.07, 6.45) is 2.35. The summed E-state index contributed by atoms with van der Waals surface area (Å²) >= 11 is 0. The smallest absolute Gasteiger partial charge is 0.229 e. The Morgan fingerprint density at radius 1 is 1.53 bits per heavy atom. The molecule has 2 heterocycles. The molecule has 1 aliphatic rings. The molecule has 1 aromatic heterocycles. The number of hydrogen-bond donors (Lipinski definition) is 1. The van der Waals surface area contributed by atoms with Gasteiger partial charge in [-0.3, -0.25) is 4.79 Å². The third-order valence-electron chi connectivity index (χ3n) is 2.84. The lowest BCUT2D eigenvalue weighted by Crippen LogP contribution is -2.22. The van der Waals surface area contributed by atoms with E-state index < -0.39 is 0 Å².